The Labute approximate surface area is 151 Å². The van der Waals surface area contributed by atoms with E-state index in [1.807, 2.05) is 0 Å². The van der Waals surface area contributed by atoms with Crippen LogP contribution in [-0.4, -0.2) is 46.2 Å². The summed E-state index contributed by atoms with van der Waals surface area (Å²) < 4.78 is 85.6. The van der Waals surface area contributed by atoms with E-state index in [1.165, 1.54) is 6.08 Å². The highest BCUT2D eigenvalue weighted by atomic mass is 19.4. The van der Waals surface area contributed by atoms with Crippen LogP contribution in [0.3, 0.4) is 0 Å². The predicted molar refractivity (Wildman–Crippen MR) is 79.3 cm³/mol. The Kier molecular flexibility index (Phi) is 6.31. The fraction of sp³-hybridized carbons (Fsp3) is 0.750. The maximum atomic E-state index is 12.7. The molecule has 0 spiro atoms. The van der Waals surface area contributed by atoms with Crippen molar-refractivity contribution in [3.8, 4) is 0 Å². The van der Waals surface area contributed by atoms with Crippen molar-refractivity contribution in [3.63, 3.8) is 0 Å². The van der Waals surface area contributed by atoms with Crippen LogP contribution < -0.4 is 0 Å². The molecule has 1 N–H and O–H groups in total. The van der Waals surface area contributed by atoms with E-state index in [-0.39, 0.29) is 0 Å². The number of alkyl halides is 6. The first-order chi connectivity index (χ1) is 12.0. The van der Waals surface area contributed by atoms with Gasteiger partial charge in [-0.25, -0.2) is 9.59 Å². The third-order valence-electron chi connectivity index (χ3n) is 4.32. The molecule has 1 aliphatic rings. The average molecular weight is 406 g/mol. The number of rotatable bonds is 5. The number of aliphatic hydroxyl groups is 1. The standard InChI is InChI=1S/C16H20F6O5/c1-4-13(8-6-5-7-9-13)27-10(23)12(2,3)26-11(24)14(25,15(17,18)19)16(20,21)22/h4,25H,1,5-9H2,2-3H3. The molecule has 27 heavy (non-hydrogen) atoms. The molecule has 1 aliphatic carbocycles. The highest BCUT2D eigenvalue weighted by Gasteiger charge is 2.77. The van der Waals surface area contributed by atoms with Gasteiger partial charge in [0.05, 0.1) is 0 Å². The summed E-state index contributed by atoms with van der Waals surface area (Å²) in [5, 5.41) is 9.02. The molecule has 1 rings (SSSR count). The number of hydrogen-bond donors (Lipinski definition) is 1. The second kappa shape index (κ2) is 7.33. The third-order valence-corrected chi connectivity index (χ3v) is 4.32. The lowest BCUT2D eigenvalue weighted by molar-refractivity contribution is -0.358. The summed E-state index contributed by atoms with van der Waals surface area (Å²) in [6, 6.07) is 0. The maximum absolute atomic E-state index is 12.7. The van der Waals surface area contributed by atoms with Crippen molar-refractivity contribution in [2.24, 2.45) is 0 Å². The molecule has 0 heterocycles. The zero-order valence-corrected chi connectivity index (χ0v) is 14.7. The van der Waals surface area contributed by atoms with Gasteiger partial charge in [-0.15, -0.1) is 0 Å². The van der Waals surface area contributed by atoms with E-state index in [0.29, 0.717) is 25.7 Å². The van der Waals surface area contributed by atoms with Gasteiger partial charge in [0.15, 0.2) is 0 Å². The summed E-state index contributed by atoms with van der Waals surface area (Å²) >= 11 is 0. The third kappa shape index (κ3) is 4.56. The van der Waals surface area contributed by atoms with E-state index in [0.717, 1.165) is 20.3 Å². The number of carbonyl (C=O) groups excluding carboxylic acids is 2. The molecule has 0 amide bonds. The van der Waals surface area contributed by atoms with Crippen LogP contribution in [0.5, 0.6) is 0 Å². The van der Waals surface area contributed by atoms with E-state index < -0.39 is 41.1 Å². The molecule has 0 aromatic carbocycles. The normalized spacial score (nSPS) is 18.6. The van der Waals surface area contributed by atoms with Gasteiger partial charge in [0.25, 0.3) is 0 Å². The smallest absolute Gasteiger partial charge is 0.437 e. The summed E-state index contributed by atoms with van der Waals surface area (Å²) in [6.45, 7) is 5.06. The van der Waals surface area contributed by atoms with Crippen LogP contribution in [0.1, 0.15) is 46.0 Å². The van der Waals surface area contributed by atoms with E-state index in [2.05, 4.69) is 11.3 Å². The molecule has 1 saturated carbocycles. The Bertz CT molecular complexity index is 573. The molecule has 156 valence electrons. The predicted octanol–water partition coefficient (Wildman–Crippen LogP) is 3.60. The molecule has 0 aliphatic heterocycles. The average Bonchev–Trinajstić information content (AvgIpc) is 2.52. The molecule has 0 aromatic rings. The molecule has 0 aromatic heterocycles. The zero-order chi connectivity index (χ0) is 21.3. The SMILES string of the molecule is C=CC1(OC(=O)C(C)(C)OC(=O)C(O)(C(F)(F)F)C(F)(F)F)CCCCC1. The Hall–Kier alpha value is -1.78. The summed E-state index contributed by atoms with van der Waals surface area (Å²) in [5.41, 5.74) is -9.45. The summed E-state index contributed by atoms with van der Waals surface area (Å²) in [7, 11) is 0. The molecule has 0 unspecified atom stereocenters. The maximum Gasteiger partial charge on any atom is 0.437 e. The Morgan fingerprint density at radius 2 is 1.41 bits per heavy atom. The van der Waals surface area contributed by atoms with E-state index >= 15 is 0 Å². The number of ether oxygens (including phenoxy) is 2. The minimum absolute atomic E-state index is 0.362. The van der Waals surface area contributed by atoms with Crippen molar-refractivity contribution in [1.82, 2.24) is 0 Å². The van der Waals surface area contributed by atoms with Crippen molar-refractivity contribution in [1.29, 1.82) is 0 Å². The topological polar surface area (TPSA) is 72.8 Å². The van der Waals surface area contributed by atoms with Crippen LogP contribution in [0.25, 0.3) is 0 Å². The first kappa shape index (κ1) is 23.3. The molecule has 0 bridgehead atoms. The minimum atomic E-state index is -6.41. The van der Waals surface area contributed by atoms with Gasteiger partial charge >= 0.3 is 29.9 Å². The molecule has 5 nitrogen and oxygen atoms in total. The second-order valence-electron chi connectivity index (χ2n) is 6.82. The van der Waals surface area contributed by atoms with Crippen molar-refractivity contribution >= 4 is 11.9 Å². The Morgan fingerprint density at radius 1 is 0.963 bits per heavy atom. The van der Waals surface area contributed by atoms with Gasteiger partial charge < -0.3 is 14.6 Å². The van der Waals surface area contributed by atoms with E-state index in [4.69, 9.17) is 9.84 Å². The lowest BCUT2D eigenvalue weighted by Gasteiger charge is -2.37. The number of hydrogen-bond acceptors (Lipinski definition) is 5. The van der Waals surface area contributed by atoms with Crippen molar-refractivity contribution in [2.45, 2.75) is 75.1 Å². The molecular formula is C16H20F6O5. The fourth-order valence-electron chi connectivity index (χ4n) is 2.55. The second-order valence-corrected chi connectivity index (χ2v) is 6.82. The van der Waals surface area contributed by atoms with Gasteiger partial charge in [-0.1, -0.05) is 13.0 Å². The van der Waals surface area contributed by atoms with Crippen LogP contribution in [0.15, 0.2) is 12.7 Å². The molecule has 0 saturated heterocycles. The van der Waals surface area contributed by atoms with Crippen LogP contribution in [0, 0.1) is 0 Å². The van der Waals surface area contributed by atoms with Gasteiger partial charge in [-0.3, -0.25) is 0 Å². The summed E-state index contributed by atoms with van der Waals surface area (Å²) in [4.78, 5) is 23.8. The monoisotopic (exact) mass is 406 g/mol. The largest absolute Gasteiger partial charge is 0.452 e. The van der Waals surface area contributed by atoms with Crippen LogP contribution >= 0.6 is 0 Å². The Balaban J connectivity index is 3.05. The number of carbonyl (C=O) groups is 2. The molecule has 0 radical (unpaired) electrons. The highest BCUT2D eigenvalue weighted by molar-refractivity contribution is 5.87. The van der Waals surface area contributed by atoms with Crippen molar-refractivity contribution < 1.29 is 50.5 Å². The highest BCUT2D eigenvalue weighted by Crippen LogP contribution is 2.44. The lowest BCUT2D eigenvalue weighted by Crippen LogP contribution is -2.64. The number of halogens is 6. The first-order valence-electron chi connectivity index (χ1n) is 7.99. The minimum Gasteiger partial charge on any atom is -0.452 e. The van der Waals surface area contributed by atoms with Crippen LogP contribution in [-0.2, 0) is 19.1 Å². The zero-order valence-electron chi connectivity index (χ0n) is 14.7. The number of esters is 2. The Morgan fingerprint density at radius 3 is 1.78 bits per heavy atom. The van der Waals surface area contributed by atoms with Gasteiger partial charge in [0.2, 0.25) is 5.60 Å². The molecular weight excluding hydrogens is 386 g/mol. The first-order valence-corrected chi connectivity index (χ1v) is 7.99. The molecule has 1 fully saturated rings. The van der Waals surface area contributed by atoms with Gasteiger partial charge in [0, 0.05) is 0 Å². The van der Waals surface area contributed by atoms with Crippen LogP contribution in [0.2, 0.25) is 0 Å². The quantitative estimate of drug-likeness (QED) is 0.429. The molecule has 11 heteroatoms. The van der Waals surface area contributed by atoms with Gasteiger partial charge in [-0.05, 0) is 45.6 Å². The fourth-order valence-corrected chi connectivity index (χ4v) is 2.55. The van der Waals surface area contributed by atoms with Gasteiger partial charge in [-0.2, -0.15) is 26.3 Å². The summed E-state index contributed by atoms with van der Waals surface area (Å²) in [6.07, 6.45) is -8.58. The lowest BCUT2D eigenvalue weighted by atomic mass is 9.84. The summed E-state index contributed by atoms with van der Waals surface area (Å²) in [5.74, 6) is -4.43. The van der Waals surface area contributed by atoms with E-state index in [1.54, 1.807) is 0 Å². The van der Waals surface area contributed by atoms with Gasteiger partial charge in [0.1, 0.15) is 5.60 Å². The van der Waals surface area contributed by atoms with Crippen molar-refractivity contribution in [2.75, 3.05) is 0 Å². The van der Waals surface area contributed by atoms with E-state index in [9.17, 15) is 35.9 Å². The van der Waals surface area contributed by atoms with Crippen molar-refractivity contribution in [3.05, 3.63) is 12.7 Å². The molecule has 0 atom stereocenters. The van der Waals surface area contributed by atoms with Crippen LogP contribution in [0.4, 0.5) is 26.3 Å².